The van der Waals surface area contributed by atoms with Gasteiger partial charge in [-0.2, -0.15) is 10.4 Å². The van der Waals surface area contributed by atoms with E-state index in [0.29, 0.717) is 46.4 Å². The smallest absolute Gasteiger partial charge is 0.271 e. The summed E-state index contributed by atoms with van der Waals surface area (Å²) in [6, 6.07) is 24.5. The molecule has 0 spiro atoms. The molecule has 45 heavy (non-hydrogen) atoms. The average Bonchev–Trinajstić information content (AvgIpc) is 3.49. The van der Waals surface area contributed by atoms with Crippen LogP contribution in [-0.4, -0.2) is 46.8 Å². The molecule has 1 aliphatic rings. The first-order valence-corrected chi connectivity index (χ1v) is 15.1. The SMILES string of the molecule is CCCCOc1ccc(-c2nn(-c3ccccc3)cc2/C=C2/C(=O)N(CCc3ccc(OC)cc3)C(=O)C(C#N)=C2C)cc1Cl. The van der Waals surface area contributed by atoms with Gasteiger partial charge in [-0.1, -0.05) is 55.3 Å². The predicted octanol–water partition coefficient (Wildman–Crippen LogP) is 7.22. The van der Waals surface area contributed by atoms with Crippen molar-refractivity contribution in [3.05, 3.63) is 112 Å². The number of carbonyl (C=O) groups is 2. The minimum atomic E-state index is -0.601. The van der Waals surface area contributed by atoms with Crippen LogP contribution in [0.2, 0.25) is 5.02 Å². The summed E-state index contributed by atoms with van der Waals surface area (Å²) >= 11 is 6.62. The van der Waals surface area contributed by atoms with Gasteiger partial charge in [-0.25, -0.2) is 4.68 Å². The number of amides is 2. The number of hydrogen-bond acceptors (Lipinski definition) is 6. The van der Waals surface area contributed by atoms with Crippen LogP contribution in [0.3, 0.4) is 0 Å². The fourth-order valence-corrected chi connectivity index (χ4v) is 5.28. The number of hydrogen-bond donors (Lipinski definition) is 0. The molecule has 0 aliphatic carbocycles. The number of unbranched alkanes of at least 4 members (excludes halogenated alkanes) is 1. The molecule has 3 aromatic carbocycles. The monoisotopic (exact) mass is 620 g/mol. The Morgan fingerprint density at radius 2 is 1.78 bits per heavy atom. The quantitative estimate of drug-likeness (QED) is 0.0998. The van der Waals surface area contributed by atoms with Crippen LogP contribution in [0.1, 0.15) is 37.8 Å². The molecule has 5 rings (SSSR count). The third-order valence-electron chi connectivity index (χ3n) is 7.63. The predicted molar refractivity (Wildman–Crippen MR) is 174 cm³/mol. The van der Waals surface area contributed by atoms with Gasteiger partial charge >= 0.3 is 0 Å². The Hall–Kier alpha value is -5.13. The number of methoxy groups -OCH3 is 1. The number of aromatic nitrogens is 2. The number of rotatable bonds is 11. The molecule has 2 amide bonds. The van der Waals surface area contributed by atoms with Crippen molar-refractivity contribution in [2.45, 2.75) is 33.1 Å². The molecular formula is C36H33ClN4O4. The van der Waals surface area contributed by atoms with Crippen LogP contribution in [0.15, 0.2) is 95.7 Å². The van der Waals surface area contributed by atoms with Crippen LogP contribution >= 0.6 is 11.6 Å². The van der Waals surface area contributed by atoms with Crippen molar-refractivity contribution < 1.29 is 19.1 Å². The molecule has 0 fully saturated rings. The summed E-state index contributed by atoms with van der Waals surface area (Å²) < 4.78 is 12.8. The Labute approximate surface area is 267 Å². The molecule has 9 heteroatoms. The molecule has 0 bridgehead atoms. The fourth-order valence-electron chi connectivity index (χ4n) is 5.04. The maximum absolute atomic E-state index is 13.9. The standard InChI is InChI=1S/C36H33ClN4O4/c1-4-5-19-45-33-16-13-26(21-32(33)37)34-27(23-41(39-34)28-9-7-6-8-10-28)20-30-24(2)31(22-38)36(43)40(35(30)42)18-17-25-11-14-29(44-3)15-12-25/h6-16,20-21,23H,4-5,17-19H2,1-3H3/b30-20+. The van der Waals surface area contributed by atoms with Crippen molar-refractivity contribution in [2.75, 3.05) is 20.3 Å². The Morgan fingerprint density at radius 3 is 2.44 bits per heavy atom. The van der Waals surface area contributed by atoms with Gasteiger partial charge in [0, 0.05) is 29.4 Å². The molecule has 1 aromatic heterocycles. The molecule has 2 heterocycles. The zero-order valence-corrected chi connectivity index (χ0v) is 26.2. The number of nitrogens with zero attached hydrogens (tertiary/aromatic N) is 4. The Bertz CT molecular complexity index is 1820. The minimum Gasteiger partial charge on any atom is -0.497 e. The third kappa shape index (κ3) is 6.84. The number of benzene rings is 3. The highest BCUT2D eigenvalue weighted by molar-refractivity contribution is 6.32. The number of halogens is 1. The first-order valence-electron chi connectivity index (χ1n) is 14.7. The summed E-state index contributed by atoms with van der Waals surface area (Å²) in [7, 11) is 1.59. The van der Waals surface area contributed by atoms with Crippen LogP contribution in [0, 0.1) is 11.3 Å². The molecule has 0 saturated carbocycles. The molecule has 228 valence electrons. The number of carbonyl (C=O) groups excluding carboxylic acids is 2. The van der Waals surface area contributed by atoms with Crippen molar-refractivity contribution in [1.82, 2.24) is 14.7 Å². The summed E-state index contributed by atoms with van der Waals surface area (Å²) in [5, 5.41) is 15.2. The lowest BCUT2D eigenvalue weighted by atomic mass is 9.93. The highest BCUT2D eigenvalue weighted by atomic mass is 35.5. The average molecular weight is 621 g/mol. The van der Waals surface area contributed by atoms with Crippen LogP contribution in [0.4, 0.5) is 0 Å². The van der Waals surface area contributed by atoms with Crippen LogP contribution in [-0.2, 0) is 16.0 Å². The topological polar surface area (TPSA) is 97.4 Å². The maximum Gasteiger partial charge on any atom is 0.271 e. The van der Waals surface area contributed by atoms with Crippen LogP contribution < -0.4 is 9.47 Å². The van der Waals surface area contributed by atoms with Gasteiger partial charge in [0.05, 0.1) is 24.4 Å². The second-order valence-electron chi connectivity index (χ2n) is 10.6. The van der Waals surface area contributed by atoms with Gasteiger partial charge in [0.15, 0.2) is 0 Å². The molecule has 8 nitrogen and oxygen atoms in total. The van der Waals surface area contributed by atoms with Gasteiger partial charge in [0.25, 0.3) is 11.8 Å². The summed E-state index contributed by atoms with van der Waals surface area (Å²) in [6.45, 7) is 4.40. The van der Waals surface area contributed by atoms with E-state index >= 15 is 0 Å². The van der Waals surface area contributed by atoms with E-state index in [0.717, 1.165) is 34.6 Å². The second kappa shape index (κ2) is 14.1. The van der Waals surface area contributed by atoms with Gasteiger partial charge in [-0.05, 0) is 79.4 Å². The summed E-state index contributed by atoms with van der Waals surface area (Å²) in [6.07, 6.45) is 5.87. The van der Waals surface area contributed by atoms with E-state index in [-0.39, 0.29) is 17.7 Å². The lowest BCUT2D eigenvalue weighted by Crippen LogP contribution is -2.43. The first kappa shape index (κ1) is 31.3. The van der Waals surface area contributed by atoms with Crippen molar-refractivity contribution in [3.63, 3.8) is 0 Å². The molecular weight excluding hydrogens is 588 g/mol. The molecule has 0 radical (unpaired) electrons. The number of imide groups is 1. The Morgan fingerprint density at radius 1 is 1.02 bits per heavy atom. The zero-order chi connectivity index (χ0) is 31.9. The normalized spacial score (nSPS) is 14.2. The van der Waals surface area contributed by atoms with E-state index in [2.05, 4.69) is 6.92 Å². The Kier molecular flexibility index (Phi) is 9.81. The molecule has 0 unspecified atom stereocenters. The Balaban J connectivity index is 1.55. The van der Waals surface area contributed by atoms with Gasteiger partial charge < -0.3 is 9.47 Å². The zero-order valence-electron chi connectivity index (χ0n) is 25.4. The lowest BCUT2D eigenvalue weighted by Gasteiger charge is -2.27. The van der Waals surface area contributed by atoms with Crippen molar-refractivity contribution >= 4 is 29.5 Å². The number of ether oxygens (including phenoxy) is 2. The van der Waals surface area contributed by atoms with E-state index in [1.807, 2.05) is 79.0 Å². The largest absolute Gasteiger partial charge is 0.497 e. The van der Waals surface area contributed by atoms with Crippen molar-refractivity contribution in [2.24, 2.45) is 0 Å². The second-order valence-corrected chi connectivity index (χ2v) is 11.0. The van der Waals surface area contributed by atoms with Crippen molar-refractivity contribution in [1.29, 1.82) is 5.26 Å². The van der Waals surface area contributed by atoms with Gasteiger partial charge in [-0.15, -0.1) is 0 Å². The molecule has 4 aromatic rings. The number of nitriles is 1. The van der Waals surface area contributed by atoms with Crippen LogP contribution in [0.5, 0.6) is 11.5 Å². The summed E-state index contributed by atoms with van der Waals surface area (Å²) in [5.74, 6) is 0.228. The third-order valence-corrected chi connectivity index (χ3v) is 7.93. The van der Waals surface area contributed by atoms with E-state index < -0.39 is 11.8 Å². The highest BCUT2D eigenvalue weighted by Crippen LogP contribution is 2.34. The summed E-state index contributed by atoms with van der Waals surface area (Å²) in [5.41, 5.74) is 4.19. The molecule has 0 atom stereocenters. The maximum atomic E-state index is 13.9. The van der Waals surface area contributed by atoms with Crippen molar-refractivity contribution in [3.8, 4) is 34.5 Å². The molecule has 0 N–H and O–H groups in total. The van der Waals surface area contributed by atoms with E-state index in [4.69, 9.17) is 26.2 Å². The number of para-hydroxylation sites is 1. The van der Waals surface area contributed by atoms with Gasteiger partial charge in [-0.3, -0.25) is 14.5 Å². The van der Waals surface area contributed by atoms with E-state index in [1.54, 1.807) is 30.9 Å². The minimum absolute atomic E-state index is 0.0655. The fraction of sp³-hybridized carbons (Fsp3) is 0.222. The highest BCUT2D eigenvalue weighted by Gasteiger charge is 2.35. The first-order chi connectivity index (χ1) is 21.8. The van der Waals surface area contributed by atoms with Gasteiger partial charge in [0.2, 0.25) is 0 Å². The van der Waals surface area contributed by atoms with E-state index in [9.17, 15) is 14.9 Å². The van der Waals surface area contributed by atoms with E-state index in [1.165, 1.54) is 0 Å². The molecule has 1 aliphatic heterocycles. The molecule has 0 saturated heterocycles. The van der Waals surface area contributed by atoms with Gasteiger partial charge in [0.1, 0.15) is 28.8 Å². The summed E-state index contributed by atoms with van der Waals surface area (Å²) in [4.78, 5) is 28.3. The lowest BCUT2D eigenvalue weighted by molar-refractivity contribution is -0.140. The van der Waals surface area contributed by atoms with Crippen LogP contribution in [0.25, 0.3) is 23.0 Å².